The number of aromatic nitrogens is 3. The molecular formula is C18H13ClN4OS. The molecule has 4 aromatic rings. The number of nitrogens with zero attached hydrogens (tertiary/aromatic N) is 3. The number of benzene rings is 1. The fourth-order valence-electron chi connectivity index (χ4n) is 2.53. The van der Waals surface area contributed by atoms with Crippen LogP contribution in [0, 0.1) is 0 Å². The third-order valence-corrected chi connectivity index (χ3v) is 5.41. The Kier molecular flexibility index (Phi) is 4.21. The van der Waals surface area contributed by atoms with E-state index in [1.54, 1.807) is 17.4 Å². The van der Waals surface area contributed by atoms with Crippen LogP contribution in [0.5, 0.6) is 0 Å². The van der Waals surface area contributed by atoms with Crippen molar-refractivity contribution in [2.75, 3.05) is 0 Å². The van der Waals surface area contributed by atoms with E-state index >= 15 is 0 Å². The van der Waals surface area contributed by atoms with Gasteiger partial charge in [-0.3, -0.25) is 9.20 Å². The largest absolute Gasteiger partial charge is 0.345 e. The molecule has 0 bridgehead atoms. The lowest BCUT2D eigenvalue weighted by Crippen LogP contribution is -2.21. The van der Waals surface area contributed by atoms with E-state index in [1.165, 1.54) is 6.08 Å². The molecule has 0 aliphatic carbocycles. The highest BCUT2D eigenvalue weighted by molar-refractivity contribution is 7.20. The van der Waals surface area contributed by atoms with Crippen LogP contribution in [-0.4, -0.2) is 20.5 Å². The molecular weight excluding hydrogens is 356 g/mol. The zero-order chi connectivity index (χ0) is 17.2. The second-order valence-electron chi connectivity index (χ2n) is 5.37. The Morgan fingerprint density at radius 2 is 2.04 bits per heavy atom. The number of halogens is 1. The average molecular weight is 369 g/mol. The minimum Gasteiger partial charge on any atom is -0.345 e. The van der Waals surface area contributed by atoms with Crippen molar-refractivity contribution < 1.29 is 4.79 Å². The van der Waals surface area contributed by atoms with E-state index in [4.69, 9.17) is 11.6 Å². The Bertz CT molecular complexity index is 1100. The number of pyridine rings is 1. The summed E-state index contributed by atoms with van der Waals surface area (Å²) in [7, 11) is 0. The molecule has 5 nitrogen and oxygen atoms in total. The minimum atomic E-state index is -0.207. The first-order valence-corrected chi connectivity index (χ1v) is 8.83. The lowest BCUT2D eigenvalue weighted by atomic mass is 10.2. The molecule has 4 rings (SSSR count). The molecule has 1 amide bonds. The van der Waals surface area contributed by atoms with Gasteiger partial charge in [0.25, 0.3) is 0 Å². The maximum atomic E-state index is 12.1. The van der Waals surface area contributed by atoms with E-state index < -0.39 is 0 Å². The third kappa shape index (κ3) is 3.14. The van der Waals surface area contributed by atoms with Gasteiger partial charge in [-0.25, -0.2) is 0 Å². The van der Waals surface area contributed by atoms with Crippen LogP contribution in [0.2, 0.25) is 5.02 Å². The Balaban J connectivity index is 1.46. The predicted octanol–water partition coefficient (Wildman–Crippen LogP) is 3.93. The van der Waals surface area contributed by atoms with Gasteiger partial charge in [0.05, 0.1) is 11.6 Å². The molecule has 7 heteroatoms. The van der Waals surface area contributed by atoms with Crippen molar-refractivity contribution in [3.63, 3.8) is 0 Å². The summed E-state index contributed by atoms with van der Waals surface area (Å²) < 4.78 is 2.94. The summed E-state index contributed by atoms with van der Waals surface area (Å²) in [6.07, 6.45) is 5.09. The van der Waals surface area contributed by atoms with Crippen LogP contribution in [-0.2, 0) is 11.3 Å². The van der Waals surface area contributed by atoms with Crippen molar-refractivity contribution in [3.8, 4) is 0 Å². The maximum absolute atomic E-state index is 12.1. The second kappa shape index (κ2) is 6.66. The first kappa shape index (κ1) is 15.8. The summed E-state index contributed by atoms with van der Waals surface area (Å²) in [6.45, 7) is 0.300. The van der Waals surface area contributed by atoms with Gasteiger partial charge in [0.15, 0.2) is 11.5 Å². The molecule has 3 heterocycles. The average Bonchev–Trinajstić information content (AvgIpc) is 3.20. The normalized spacial score (nSPS) is 11.6. The maximum Gasteiger partial charge on any atom is 0.244 e. The molecule has 1 aromatic carbocycles. The smallest absolute Gasteiger partial charge is 0.244 e. The SMILES string of the molecule is O=C(/C=C/c1sc2ccccc2c1Cl)NCc1nnc2ccccn12. The highest BCUT2D eigenvalue weighted by Gasteiger charge is 2.08. The number of carbonyl (C=O) groups excluding carboxylic acids is 1. The highest BCUT2D eigenvalue weighted by atomic mass is 35.5. The van der Waals surface area contributed by atoms with Gasteiger partial charge in [-0.15, -0.1) is 21.5 Å². The standard InChI is InChI=1S/C18H13ClN4OS/c19-18-12-5-1-2-6-13(12)25-14(18)8-9-17(24)20-11-16-22-21-15-7-3-4-10-23(15)16/h1-10H,11H2,(H,20,24)/b9-8+. The number of nitrogens with one attached hydrogen (secondary N) is 1. The van der Waals surface area contributed by atoms with Crippen LogP contribution in [0.3, 0.4) is 0 Å². The van der Waals surface area contributed by atoms with Gasteiger partial charge in [-0.1, -0.05) is 35.9 Å². The lowest BCUT2D eigenvalue weighted by Gasteiger charge is -2.00. The van der Waals surface area contributed by atoms with Crippen molar-refractivity contribution in [3.05, 3.63) is 70.5 Å². The number of rotatable bonds is 4. The van der Waals surface area contributed by atoms with Gasteiger partial charge >= 0.3 is 0 Å². The lowest BCUT2D eigenvalue weighted by molar-refractivity contribution is -0.116. The molecule has 0 aliphatic heterocycles. The summed E-state index contributed by atoms with van der Waals surface area (Å²) in [6, 6.07) is 13.6. The topological polar surface area (TPSA) is 59.3 Å². The van der Waals surface area contributed by atoms with E-state index in [0.717, 1.165) is 20.6 Å². The fraction of sp³-hybridized carbons (Fsp3) is 0.0556. The van der Waals surface area contributed by atoms with Crippen molar-refractivity contribution in [1.29, 1.82) is 0 Å². The molecule has 0 fully saturated rings. The zero-order valence-corrected chi connectivity index (χ0v) is 14.6. The van der Waals surface area contributed by atoms with E-state index in [0.29, 0.717) is 17.4 Å². The van der Waals surface area contributed by atoms with Crippen LogP contribution in [0.25, 0.3) is 21.8 Å². The predicted molar refractivity (Wildman–Crippen MR) is 101 cm³/mol. The molecule has 124 valence electrons. The van der Waals surface area contributed by atoms with Crippen LogP contribution in [0.15, 0.2) is 54.7 Å². The summed E-state index contributed by atoms with van der Waals surface area (Å²) in [5.74, 6) is 0.471. The summed E-state index contributed by atoms with van der Waals surface area (Å²) in [5, 5.41) is 12.6. The van der Waals surface area contributed by atoms with E-state index in [1.807, 2.05) is 53.1 Å². The third-order valence-electron chi connectivity index (χ3n) is 3.75. The first-order valence-electron chi connectivity index (χ1n) is 7.64. The number of thiophene rings is 1. The number of hydrogen-bond acceptors (Lipinski definition) is 4. The minimum absolute atomic E-state index is 0.207. The van der Waals surface area contributed by atoms with Gasteiger partial charge < -0.3 is 5.32 Å². The molecule has 3 aromatic heterocycles. The van der Waals surface area contributed by atoms with Crippen LogP contribution >= 0.6 is 22.9 Å². The Hall–Kier alpha value is -2.70. The second-order valence-corrected chi connectivity index (χ2v) is 6.83. The van der Waals surface area contributed by atoms with Gasteiger partial charge in [-0.2, -0.15) is 0 Å². The molecule has 0 aliphatic rings. The van der Waals surface area contributed by atoms with Gasteiger partial charge in [0, 0.05) is 27.2 Å². The molecule has 0 radical (unpaired) electrons. The Labute approximate surface area is 152 Å². The highest BCUT2D eigenvalue weighted by Crippen LogP contribution is 2.35. The van der Waals surface area contributed by atoms with Crippen molar-refractivity contribution in [2.24, 2.45) is 0 Å². The molecule has 0 saturated carbocycles. The molecule has 0 saturated heterocycles. The van der Waals surface area contributed by atoms with Gasteiger partial charge in [0.2, 0.25) is 5.91 Å². The van der Waals surface area contributed by atoms with Crippen molar-refractivity contribution >= 4 is 50.7 Å². The van der Waals surface area contributed by atoms with Crippen LogP contribution < -0.4 is 5.32 Å². The summed E-state index contributed by atoms with van der Waals surface area (Å²) in [4.78, 5) is 12.9. The number of fused-ring (bicyclic) bond motifs is 2. The Morgan fingerprint density at radius 3 is 2.92 bits per heavy atom. The molecule has 1 N–H and O–H groups in total. The molecule has 25 heavy (non-hydrogen) atoms. The Morgan fingerprint density at radius 1 is 1.20 bits per heavy atom. The zero-order valence-electron chi connectivity index (χ0n) is 13.0. The van der Waals surface area contributed by atoms with E-state index in [-0.39, 0.29) is 5.91 Å². The van der Waals surface area contributed by atoms with Gasteiger partial charge in [0.1, 0.15) is 0 Å². The fourth-order valence-corrected chi connectivity index (χ4v) is 3.93. The van der Waals surface area contributed by atoms with E-state index in [2.05, 4.69) is 15.5 Å². The number of carbonyl (C=O) groups is 1. The van der Waals surface area contributed by atoms with Crippen molar-refractivity contribution in [2.45, 2.75) is 6.54 Å². The summed E-state index contributed by atoms with van der Waals surface area (Å²) >= 11 is 7.93. The summed E-state index contributed by atoms with van der Waals surface area (Å²) in [5.41, 5.74) is 0.749. The number of hydrogen-bond donors (Lipinski definition) is 1. The van der Waals surface area contributed by atoms with Crippen molar-refractivity contribution in [1.82, 2.24) is 19.9 Å². The monoisotopic (exact) mass is 368 g/mol. The van der Waals surface area contributed by atoms with Crippen LogP contribution in [0.1, 0.15) is 10.7 Å². The van der Waals surface area contributed by atoms with E-state index in [9.17, 15) is 4.79 Å². The van der Waals surface area contributed by atoms with Gasteiger partial charge in [-0.05, 0) is 24.3 Å². The first-order chi connectivity index (χ1) is 12.2. The molecule has 0 spiro atoms. The quantitative estimate of drug-likeness (QED) is 0.555. The molecule has 0 unspecified atom stereocenters. The molecule has 0 atom stereocenters. The number of amides is 1. The van der Waals surface area contributed by atoms with Crippen LogP contribution in [0.4, 0.5) is 0 Å².